The number of thiazole rings is 1. The van der Waals surface area contributed by atoms with Crippen molar-refractivity contribution in [3.8, 4) is 0 Å². The number of aliphatic carboxylic acids is 1. The lowest BCUT2D eigenvalue weighted by molar-refractivity contribution is -0.155. The molecule has 3 rings (SSSR count). The van der Waals surface area contributed by atoms with Crippen LogP contribution in [0.15, 0.2) is 22.5 Å². The van der Waals surface area contributed by atoms with E-state index in [-0.39, 0.29) is 43.5 Å². The predicted octanol–water partition coefficient (Wildman–Crippen LogP) is 2.28. The van der Waals surface area contributed by atoms with E-state index >= 15 is 0 Å². The van der Waals surface area contributed by atoms with E-state index in [2.05, 4.69) is 20.6 Å². The van der Waals surface area contributed by atoms with Crippen LogP contribution in [0.1, 0.15) is 57.2 Å². The van der Waals surface area contributed by atoms with Crippen molar-refractivity contribution in [2.75, 3.05) is 5.75 Å². The number of amides is 2. The van der Waals surface area contributed by atoms with Crippen LogP contribution in [-0.4, -0.2) is 62.3 Å². The fraction of sp³-hybridized carbons (Fsp3) is 0.565. The van der Waals surface area contributed by atoms with Crippen molar-refractivity contribution < 1.29 is 29.0 Å². The third kappa shape index (κ3) is 7.38. The molecule has 0 fully saturated rings. The highest BCUT2D eigenvalue weighted by Crippen LogP contribution is 2.32. The number of carbonyl (C=O) groups excluding carboxylic acids is 3. The normalized spacial score (nSPS) is 25.8. The molecule has 4 bridgehead atoms. The zero-order chi connectivity index (χ0) is 25.6. The number of nitrogens with zero attached hydrogens (tertiary/aromatic N) is 2. The Morgan fingerprint density at radius 2 is 2.11 bits per heavy atom. The summed E-state index contributed by atoms with van der Waals surface area (Å²) < 4.78 is 5.68. The number of cyclic esters (lactones) is 1. The van der Waals surface area contributed by atoms with Gasteiger partial charge < -0.3 is 20.5 Å². The Morgan fingerprint density at radius 3 is 2.83 bits per heavy atom. The Labute approximate surface area is 212 Å². The van der Waals surface area contributed by atoms with Crippen LogP contribution in [0.4, 0.5) is 0 Å². The molecule has 2 aliphatic heterocycles. The highest BCUT2D eigenvalue weighted by molar-refractivity contribution is 8.14. The van der Waals surface area contributed by atoms with Gasteiger partial charge in [-0.25, -0.2) is 9.78 Å². The minimum atomic E-state index is -1.05. The quantitative estimate of drug-likeness (QED) is 0.381. The van der Waals surface area contributed by atoms with Gasteiger partial charge in [0.15, 0.2) is 0 Å². The third-order valence-corrected chi connectivity index (χ3v) is 7.66. The van der Waals surface area contributed by atoms with Crippen molar-refractivity contribution in [2.24, 2.45) is 10.9 Å². The summed E-state index contributed by atoms with van der Waals surface area (Å²) in [6.45, 7) is 5.56. The molecule has 35 heavy (non-hydrogen) atoms. The van der Waals surface area contributed by atoms with Crippen LogP contribution >= 0.6 is 23.1 Å². The molecule has 1 aromatic rings. The minimum absolute atomic E-state index is 0.0139. The Bertz CT molecular complexity index is 1040. The SMILES string of the molecule is CC(C)C1NC(=O)[C@]2(C)CSC(=N2)c2csc(n2)CNC(=O)C[C@@H](C/C=C\CCC(=O)O)OC1=O. The summed E-state index contributed by atoms with van der Waals surface area (Å²) in [7, 11) is 0. The maximum atomic E-state index is 13.2. The number of aliphatic imine (C=N–C) groups is 1. The number of thioether (sulfide) groups is 1. The Kier molecular flexibility index (Phi) is 9.06. The van der Waals surface area contributed by atoms with E-state index in [1.54, 1.807) is 32.9 Å². The standard InChI is InChI=1S/C23H30N4O6S2/c1-13(2)19-21(31)33-14(7-5-4-6-8-18(29)30)9-16(28)24-10-17-25-15(11-34-17)20-27-23(3,12-35-20)22(32)26-19/h4-5,11,13-14,19H,6-10,12H2,1-3H3,(H,24,28)(H,26,32)(H,29,30)/b5-4-/t14-,19?,23+/m1/s1. The van der Waals surface area contributed by atoms with Crippen LogP contribution in [0.2, 0.25) is 0 Å². The number of aromatic nitrogens is 1. The summed E-state index contributed by atoms with van der Waals surface area (Å²) >= 11 is 2.82. The molecule has 2 amide bonds. The monoisotopic (exact) mass is 522 g/mol. The second kappa shape index (κ2) is 11.8. The summed E-state index contributed by atoms with van der Waals surface area (Å²) in [5, 5.41) is 17.6. The average molecular weight is 523 g/mol. The summed E-state index contributed by atoms with van der Waals surface area (Å²) in [5.41, 5.74) is -0.383. The van der Waals surface area contributed by atoms with Gasteiger partial charge in [-0.15, -0.1) is 23.1 Å². The van der Waals surface area contributed by atoms with Crippen molar-refractivity contribution in [1.29, 1.82) is 0 Å². The molecule has 0 saturated carbocycles. The fourth-order valence-electron chi connectivity index (χ4n) is 3.47. The van der Waals surface area contributed by atoms with Crippen molar-refractivity contribution in [3.05, 3.63) is 28.2 Å². The topological polar surface area (TPSA) is 147 Å². The Hall–Kier alpha value is -2.73. The van der Waals surface area contributed by atoms with Crippen LogP contribution < -0.4 is 10.6 Å². The smallest absolute Gasteiger partial charge is 0.329 e. The molecule has 190 valence electrons. The summed E-state index contributed by atoms with van der Waals surface area (Å²) in [6.07, 6.45) is 3.09. The molecule has 2 aliphatic rings. The van der Waals surface area contributed by atoms with E-state index in [1.165, 1.54) is 23.1 Å². The van der Waals surface area contributed by atoms with Gasteiger partial charge in [0.25, 0.3) is 0 Å². The van der Waals surface area contributed by atoms with Crippen LogP contribution in [0.3, 0.4) is 0 Å². The second-order valence-corrected chi connectivity index (χ2v) is 10.9. The van der Waals surface area contributed by atoms with Gasteiger partial charge in [0, 0.05) is 24.0 Å². The molecule has 0 aromatic carbocycles. The van der Waals surface area contributed by atoms with Gasteiger partial charge in [-0.3, -0.25) is 19.4 Å². The molecule has 3 heterocycles. The Morgan fingerprint density at radius 1 is 1.34 bits per heavy atom. The highest BCUT2D eigenvalue weighted by atomic mass is 32.2. The number of allylic oxidation sites excluding steroid dienone is 1. The molecule has 12 heteroatoms. The van der Waals surface area contributed by atoms with E-state index in [0.29, 0.717) is 27.9 Å². The number of hydrogen-bond acceptors (Lipinski definition) is 9. The van der Waals surface area contributed by atoms with E-state index < -0.39 is 29.6 Å². The first-order chi connectivity index (χ1) is 16.6. The molecule has 0 radical (unpaired) electrons. The molecular weight excluding hydrogens is 492 g/mol. The number of rotatable bonds is 6. The Balaban J connectivity index is 1.84. The number of carbonyl (C=O) groups is 4. The largest absolute Gasteiger partial charge is 0.481 e. The van der Waals surface area contributed by atoms with E-state index in [9.17, 15) is 19.2 Å². The van der Waals surface area contributed by atoms with Gasteiger partial charge in [0.2, 0.25) is 11.8 Å². The predicted molar refractivity (Wildman–Crippen MR) is 133 cm³/mol. The molecule has 3 atom stereocenters. The maximum Gasteiger partial charge on any atom is 0.329 e. The van der Waals surface area contributed by atoms with Crippen LogP contribution in [0.5, 0.6) is 0 Å². The number of carboxylic acids is 1. The van der Waals surface area contributed by atoms with Crippen molar-refractivity contribution in [3.63, 3.8) is 0 Å². The molecule has 1 aromatic heterocycles. The molecule has 0 saturated heterocycles. The first kappa shape index (κ1) is 26.9. The summed E-state index contributed by atoms with van der Waals surface area (Å²) in [5.74, 6) is -2.05. The lowest BCUT2D eigenvalue weighted by Crippen LogP contribution is -2.53. The third-order valence-electron chi connectivity index (χ3n) is 5.53. The van der Waals surface area contributed by atoms with Crippen LogP contribution in [0.25, 0.3) is 0 Å². The number of carboxylic acid groups (broad SMARTS) is 1. The summed E-state index contributed by atoms with van der Waals surface area (Å²) in [6, 6.07) is -0.913. The van der Waals surface area contributed by atoms with Gasteiger partial charge in [0.1, 0.15) is 33.4 Å². The van der Waals surface area contributed by atoms with Crippen LogP contribution in [-0.2, 0) is 30.5 Å². The van der Waals surface area contributed by atoms with Gasteiger partial charge in [-0.05, 0) is 19.3 Å². The number of ether oxygens (including phenoxy) is 1. The zero-order valence-electron chi connectivity index (χ0n) is 19.9. The number of esters is 1. The molecule has 0 aliphatic carbocycles. The van der Waals surface area contributed by atoms with E-state index in [0.717, 1.165) is 0 Å². The van der Waals surface area contributed by atoms with Crippen molar-refractivity contribution in [1.82, 2.24) is 15.6 Å². The first-order valence-electron chi connectivity index (χ1n) is 11.4. The zero-order valence-corrected chi connectivity index (χ0v) is 21.5. The number of hydrogen-bond donors (Lipinski definition) is 3. The van der Waals surface area contributed by atoms with Gasteiger partial charge in [0.05, 0.1) is 13.0 Å². The second-order valence-electron chi connectivity index (χ2n) is 8.98. The first-order valence-corrected chi connectivity index (χ1v) is 13.3. The molecule has 10 nitrogen and oxygen atoms in total. The summed E-state index contributed by atoms with van der Waals surface area (Å²) in [4.78, 5) is 58.7. The number of nitrogens with one attached hydrogen (secondary N) is 2. The average Bonchev–Trinajstić information content (AvgIpc) is 3.42. The molecule has 3 N–H and O–H groups in total. The lowest BCUT2D eigenvalue weighted by Gasteiger charge is -2.27. The molecule has 0 spiro atoms. The van der Waals surface area contributed by atoms with Crippen molar-refractivity contribution in [2.45, 2.75) is 70.7 Å². The maximum absolute atomic E-state index is 13.2. The molecule has 1 unspecified atom stereocenters. The van der Waals surface area contributed by atoms with Gasteiger partial charge in [-0.1, -0.05) is 26.0 Å². The lowest BCUT2D eigenvalue weighted by atomic mass is 10.00. The minimum Gasteiger partial charge on any atom is -0.481 e. The van der Waals surface area contributed by atoms with Crippen molar-refractivity contribution >= 4 is 51.9 Å². The van der Waals surface area contributed by atoms with Gasteiger partial charge >= 0.3 is 11.9 Å². The highest BCUT2D eigenvalue weighted by Gasteiger charge is 2.41. The van der Waals surface area contributed by atoms with Crippen LogP contribution in [0, 0.1) is 5.92 Å². The van der Waals surface area contributed by atoms with E-state index in [1.807, 2.05) is 5.38 Å². The van der Waals surface area contributed by atoms with E-state index in [4.69, 9.17) is 9.84 Å². The van der Waals surface area contributed by atoms with Gasteiger partial charge in [-0.2, -0.15) is 0 Å². The number of fused-ring (bicyclic) bond motifs is 4. The fourth-order valence-corrected chi connectivity index (χ4v) is 5.39. The molecular formula is C23H30N4O6S2.